The summed E-state index contributed by atoms with van der Waals surface area (Å²) >= 11 is 0. The van der Waals surface area contributed by atoms with Crippen LogP contribution >= 0.6 is 0 Å². The summed E-state index contributed by atoms with van der Waals surface area (Å²) < 4.78 is 48.5. The molecule has 15 heavy (non-hydrogen) atoms. The molecule has 0 saturated heterocycles. The van der Waals surface area contributed by atoms with Gasteiger partial charge in [0.1, 0.15) is 0 Å². The Morgan fingerprint density at radius 2 is 1.87 bits per heavy atom. The molecule has 0 aromatic heterocycles. The van der Waals surface area contributed by atoms with Crippen molar-refractivity contribution < 1.29 is 27.8 Å². The fourth-order valence-electron chi connectivity index (χ4n) is 1.05. The second-order valence-electron chi connectivity index (χ2n) is 3.01. The molecule has 84 valence electrons. The molecular weight excluding hydrogens is 216 g/mol. The summed E-state index contributed by atoms with van der Waals surface area (Å²) in [5, 5.41) is 17.8. The van der Waals surface area contributed by atoms with Crippen LogP contribution in [0.3, 0.4) is 0 Å². The van der Waals surface area contributed by atoms with Crippen LogP contribution in [0.4, 0.5) is 17.6 Å². The summed E-state index contributed by atoms with van der Waals surface area (Å²) in [5.41, 5.74) is -0.278. The fourth-order valence-corrected chi connectivity index (χ4v) is 1.05. The highest BCUT2D eigenvalue weighted by atomic mass is 19.4. The van der Waals surface area contributed by atoms with Crippen molar-refractivity contribution in [2.24, 2.45) is 0 Å². The van der Waals surface area contributed by atoms with E-state index in [1.165, 1.54) is 0 Å². The molecule has 1 aromatic carbocycles. The smallest absolute Gasteiger partial charge is 0.414 e. The van der Waals surface area contributed by atoms with E-state index in [2.05, 4.69) is 0 Å². The summed E-state index contributed by atoms with van der Waals surface area (Å²) in [6.45, 7) is 0. The predicted molar refractivity (Wildman–Crippen MR) is 43.8 cm³/mol. The lowest BCUT2D eigenvalue weighted by Crippen LogP contribution is -2.30. The maximum Gasteiger partial charge on any atom is 0.414 e. The zero-order valence-electron chi connectivity index (χ0n) is 7.42. The molecule has 0 spiro atoms. The number of rotatable bonds is 2. The van der Waals surface area contributed by atoms with Gasteiger partial charge >= 0.3 is 6.18 Å². The van der Waals surface area contributed by atoms with Gasteiger partial charge in [-0.15, -0.1) is 0 Å². The number of phenols is 1. The van der Waals surface area contributed by atoms with Crippen molar-refractivity contribution in [2.45, 2.75) is 18.7 Å². The van der Waals surface area contributed by atoms with Crippen molar-refractivity contribution in [2.75, 3.05) is 0 Å². The second-order valence-corrected chi connectivity index (χ2v) is 3.01. The SMILES string of the molecule is Oc1c(F)cccc1CC(O)C(F)(F)F. The van der Waals surface area contributed by atoms with Crippen LogP contribution in [-0.2, 0) is 6.42 Å². The topological polar surface area (TPSA) is 40.5 Å². The standard InChI is InChI=1S/C9H8F4O2/c10-6-3-1-2-5(8(6)15)4-7(14)9(11,12)13/h1-3,7,14-15H,4H2. The van der Waals surface area contributed by atoms with Crippen molar-refractivity contribution in [1.29, 1.82) is 0 Å². The minimum Gasteiger partial charge on any atom is -0.505 e. The summed E-state index contributed by atoms with van der Waals surface area (Å²) in [5.74, 6) is -1.87. The highest BCUT2D eigenvalue weighted by Crippen LogP contribution is 2.27. The first-order valence-corrected chi connectivity index (χ1v) is 4.03. The van der Waals surface area contributed by atoms with Gasteiger partial charge in [-0.05, 0) is 11.6 Å². The van der Waals surface area contributed by atoms with Crippen LogP contribution in [0, 0.1) is 5.82 Å². The Labute approximate surface area is 82.8 Å². The zero-order valence-corrected chi connectivity index (χ0v) is 7.42. The number of aliphatic hydroxyl groups excluding tert-OH is 1. The molecule has 0 bridgehead atoms. The molecule has 6 heteroatoms. The van der Waals surface area contributed by atoms with E-state index in [-0.39, 0.29) is 5.56 Å². The van der Waals surface area contributed by atoms with Gasteiger partial charge in [0.15, 0.2) is 17.7 Å². The van der Waals surface area contributed by atoms with E-state index < -0.39 is 30.3 Å². The van der Waals surface area contributed by atoms with Crippen LogP contribution in [0.25, 0.3) is 0 Å². The normalized spacial score (nSPS) is 13.9. The Morgan fingerprint density at radius 3 is 2.40 bits per heavy atom. The summed E-state index contributed by atoms with van der Waals surface area (Å²) in [7, 11) is 0. The van der Waals surface area contributed by atoms with Gasteiger partial charge in [-0.2, -0.15) is 13.2 Å². The lowest BCUT2D eigenvalue weighted by atomic mass is 10.1. The lowest BCUT2D eigenvalue weighted by Gasteiger charge is -2.15. The van der Waals surface area contributed by atoms with Crippen LogP contribution in [0.15, 0.2) is 18.2 Å². The van der Waals surface area contributed by atoms with Crippen molar-refractivity contribution in [3.63, 3.8) is 0 Å². The maximum absolute atomic E-state index is 12.7. The average Bonchev–Trinajstić information content (AvgIpc) is 2.11. The molecule has 1 atom stereocenters. The van der Waals surface area contributed by atoms with Crippen LogP contribution in [0.2, 0.25) is 0 Å². The number of benzene rings is 1. The molecule has 2 nitrogen and oxygen atoms in total. The van der Waals surface area contributed by atoms with Crippen LogP contribution in [-0.4, -0.2) is 22.5 Å². The number of aromatic hydroxyl groups is 1. The first kappa shape index (κ1) is 11.8. The van der Waals surface area contributed by atoms with Gasteiger partial charge < -0.3 is 10.2 Å². The highest BCUT2D eigenvalue weighted by Gasteiger charge is 2.38. The molecule has 0 aliphatic carbocycles. The van der Waals surface area contributed by atoms with Gasteiger partial charge in [0.05, 0.1) is 0 Å². The third-order valence-corrected chi connectivity index (χ3v) is 1.86. The van der Waals surface area contributed by atoms with E-state index in [0.717, 1.165) is 18.2 Å². The van der Waals surface area contributed by atoms with Crippen LogP contribution in [0.5, 0.6) is 5.75 Å². The summed E-state index contributed by atoms with van der Waals surface area (Å²) in [6.07, 6.45) is -8.25. The van der Waals surface area contributed by atoms with Crippen LogP contribution in [0.1, 0.15) is 5.56 Å². The Bertz CT molecular complexity index is 348. The molecule has 2 N–H and O–H groups in total. The Kier molecular flexibility index (Phi) is 3.18. The van der Waals surface area contributed by atoms with Crippen LogP contribution < -0.4 is 0 Å². The van der Waals surface area contributed by atoms with Gasteiger partial charge in [0.25, 0.3) is 0 Å². The molecule has 0 saturated carbocycles. The Morgan fingerprint density at radius 1 is 1.27 bits per heavy atom. The molecule has 0 radical (unpaired) electrons. The average molecular weight is 224 g/mol. The molecule has 1 rings (SSSR count). The molecular formula is C9H8F4O2. The number of hydrogen-bond donors (Lipinski definition) is 2. The van der Waals surface area contributed by atoms with E-state index in [1.54, 1.807) is 0 Å². The van der Waals surface area contributed by atoms with Crippen molar-refractivity contribution in [3.05, 3.63) is 29.6 Å². The third-order valence-electron chi connectivity index (χ3n) is 1.86. The second kappa shape index (κ2) is 4.06. The van der Waals surface area contributed by atoms with Gasteiger partial charge in [-0.25, -0.2) is 4.39 Å². The predicted octanol–water partition coefficient (Wildman–Crippen LogP) is 2.00. The number of halogens is 4. The van der Waals surface area contributed by atoms with Crippen molar-refractivity contribution in [1.82, 2.24) is 0 Å². The quantitative estimate of drug-likeness (QED) is 0.754. The van der Waals surface area contributed by atoms with Gasteiger partial charge in [0, 0.05) is 6.42 Å². The van der Waals surface area contributed by atoms with Gasteiger partial charge in [0.2, 0.25) is 0 Å². The van der Waals surface area contributed by atoms with E-state index in [4.69, 9.17) is 10.2 Å². The number of phenolic OH excluding ortho intramolecular Hbond substituents is 1. The monoisotopic (exact) mass is 224 g/mol. The largest absolute Gasteiger partial charge is 0.505 e. The number of hydrogen-bond acceptors (Lipinski definition) is 2. The van der Waals surface area contributed by atoms with E-state index >= 15 is 0 Å². The minimum absolute atomic E-state index is 0.278. The lowest BCUT2D eigenvalue weighted by molar-refractivity contribution is -0.203. The molecule has 0 fully saturated rings. The maximum atomic E-state index is 12.7. The van der Waals surface area contributed by atoms with E-state index in [1.807, 2.05) is 0 Å². The zero-order chi connectivity index (χ0) is 11.6. The van der Waals surface area contributed by atoms with Crippen molar-refractivity contribution >= 4 is 0 Å². The molecule has 0 aliphatic heterocycles. The summed E-state index contributed by atoms with van der Waals surface area (Å²) in [4.78, 5) is 0. The summed E-state index contributed by atoms with van der Waals surface area (Å²) in [6, 6.07) is 3.19. The first-order chi connectivity index (χ1) is 6.82. The molecule has 0 aliphatic rings. The number of alkyl halides is 3. The number of aliphatic hydroxyl groups is 1. The third kappa shape index (κ3) is 2.82. The Hall–Kier alpha value is -1.30. The molecule has 0 heterocycles. The molecule has 1 unspecified atom stereocenters. The molecule has 1 aromatic rings. The van der Waals surface area contributed by atoms with Gasteiger partial charge in [-0.3, -0.25) is 0 Å². The minimum atomic E-state index is -4.78. The van der Waals surface area contributed by atoms with E-state index in [0.29, 0.717) is 0 Å². The Balaban J connectivity index is 2.86. The highest BCUT2D eigenvalue weighted by molar-refractivity contribution is 5.34. The molecule has 0 amide bonds. The first-order valence-electron chi connectivity index (χ1n) is 4.03. The van der Waals surface area contributed by atoms with Gasteiger partial charge in [-0.1, -0.05) is 12.1 Å². The van der Waals surface area contributed by atoms with Crippen molar-refractivity contribution in [3.8, 4) is 5.75 Å². The number of para-hydroxylation sites is 1. The van der Waals surface area contributed by atoms with E-state index in [9.17, 15) is 17.6 Å². The fraction of sp³-hybridized carbons (Fsp3) is 0.333.